The molecule has 0 unspecified atom stereocenters. The van der Waals surface area contributed by atoms with E-state index in [2.05, 4.69) is 48.7 Å². The van der Waals surface area contributed by atoms with Gasteiger partial charge in [-0.2, -0.15) is 0 Å². The molecule has 0 aliphatic carbocycles. The molecule has 0 saturated heterocycles. The second-order valence-corrected chi connectivity index (χ2v) is 4.27. The lowest BCUT2D eigenvalue weighted by Crippen LogP contribution is -2.24. The van der Waals surface area contributed by atoms with Crippen LogP contribution in [0.15, 0.2) is 30.6 Å². The maximum atomic E-state index is 4.42. The number of hydrogen-bond donors (Lipinski definition) is 0. The molecule has 0 aliphatic rings. The fourth-order valence-electron chi connectivity index (χ4n) is 1.63. The van der Waals surface area contributed by atoms with Gasteiger partial charge >= 0.3 is 0 Å². The maximum absolute atomic E-state index is 4.42. The Morgan fingerprint density at radius 3 is 2.86 bits per heavy atom. The van der Waals surface area contributed by atoms with Gasteiger partial charge < -0.3 is 4.57 Å². The normalized spacial score (nSPS) is 12.2. The van der Waals surface area contributed by atoms with Gasteiger partial charge in [-0.1, -0.05) is 6.92 Å². The summed E-state index contributed by atoms with van der Waals surface area (Å²) in [6.07, 6.45) is 5.08. The van der Waals surface area contributed by atoms with Gasteiger partial charge in [0.05, 0.1) is 0 Å². The van der Waals surface area contributed by atoms with Crippen molar-refractivity contribution in [3.05, 3.63) is 30.6 Å². The average molecular weight is 188 g/mol. The molecule has 2 heterocycles. The highest BCUT2D eigenvalue weighted by atomic mass is 15.1. The Morgan fingerprint density at radius 2 is 2.14 bits per heavy atom. The zero-order chi connectivity index (χ0) is 10.2. The predicted octanol–water partition coefficient (Wildman–Crippen LogP) is 3.18. The van der Waals surface area contributed by atoms with E-state index in [1.54, 1.807) is 0 Å². The van der Waals surface area contributed by atoms with Gasteiger partial charge in [0, 0.05) is 23.3 Å². The largest absolute Gasteiger partial charge is 0.327 e. The van der Waals surface area contributed by atoms with Crippen molar-refractivity contribution in [3.63, 3.8) is 0 Å². The molecule has 0 radical (unpaired) electrons. The Morgan fingerprint density at radius 1 is 1.36 bits per heavy atom. The van der Waals surface area contributed by atoms with E-state index >= 15 is 0 Å². The van der Waals surface area contributed by atoms with Gasteiger partial charge in [-0.05, 0) is 38.5 Å². The lowest BCUT2D eigenvalue weighted by atomic mass is 10.0. The molecule has 2 nitrogen and oxygen atoms in total. The van der Waals surface area contributed by atoms with Crippen molar-refractivity contribution in [2.75, 3.05) is 0 Å². The van der Waals surface area contributed by atoms with Crippen LogP contribution in [0.4, 0.5) is 0 Å². The standard InChI is InChI=1S/C12H16N2/c1-4-12(2,3)14-9-7-10-6-5-8-13-11(10)14/h5-9H,4H2,1-3H3. The van der Waals surface area contributed by atoms with Crippen LogP contribution in [0.3, 0.4) is 0 Å². The molecule has 0 aliphatic heterocycles. The van der Waals surface area contributed by atoms with Crippen LogP contribution >= 0.6 is 0 Å². The van der Waals surface area contributed by atoms with Gasteiger partial charge in [-0.15, -0.1) is 0 Å². The second kappa shape index (κ2) is 3.12. The Bertz CT molecular complexity index is 440. The molecule has 2 rings (SSSR count). The van der Waals surface area contributed by atoms with E-state index in [-0.39, 0.29) is 5.54 Å². The third-order valence-electron chi connectivity index (χ3n) is 2.97. The highest BCUT2D eigenvalue weighted by molar-refractivity contribution is 5.76. The lowest BCUT2D eigenvalue weighted by molar-refractivity contribution is 0.352. The Labute approximate surface area is 84.6 Å². The fraction of sp³-hybridized carbons (Fsp3) is 0.417. The Kier molecular flexibility index (Phi) is 2.06. The summed E-state index contributed by atoms with van der Waals surface area (Å²) in [6.45, 7) is 6.68. The molecule has 74 valence electrons. The molecule has 0 aromatic carbocycles. The lowest BCUT2D eigenvalue weighted by Gasteiger charge is -2.25. The van der Waals surface area contributed by atoms with Crippen molar-refractivity contribution in [1.29, 1.82) is 0 Å². The summed E-state index contributed by atoms with van der Waals surface area (Å²) in [7, 11) is 0. The average Bonchev–Trinajstić information content (AvgIpc) is 2.61. The summed E-state index contributed by atoms with van der Waals surface area (Å²) in [5.41, 5.74) is 1.23. The zero-order valence-electron chi connectivity index (χ0n) is 8.99. The number of hydrogen-bond acceptors (Lipinski definition) is 1. The Balaban J connectivity index is 2.64. The SMILES string of the molecule is CCC(C)(C)n1ccc2cccnc21. The van der Waals surface area contributed by atoms with E-state index in [9.17, 15) is 0 Å². The molecule has 0 N–H and O–H groups in total. The molecule has 0 amide bonds. The summed E-state index contributed by atoms with van der Waals surface area (Å²) in [6, 6.07) is 6.20. The van der Waals surface area contributed by atoms with E-state index < -0.39 is 0 Å². The van der Waals surface area contributed by atoms with Crippen LogP contribution in [0.25, 0.3) is 11.0 Å². The van der Waals surface area contributed by atoms with Gasteiger partial charge in [0.2, 0.25) is 0 Å². The summed E-state index contributed by atoms with van der Waals surface area (Å²) in [4.78, 5) is 4.42. The van der Waals surface area contributed by atoms with Crippen molar-refractivity contribution in [1.82, 2.24) is 9.55 Å². The molecule has 0 spiro atoms. The molecule has 2 aromatic heterocycles. The van der Waals surface area contributed by atoms with Crippen molar-refractivity contribution in [2.24, 2.45) is 0 Å². The molecule has 14 heavy (non-hydrogen) atoms. The molecule has 2 heteroatoms. The van der Waals surface area contributed by atoms with Crippen molar-refractivity contribution < 1.29 is 0 Å². The molecule has 2 aromatic rings. The topological polar surface area (TPSA) is 17.8 Å². The quantitative estimate of drug-likeness (QED) is 0.707. The van der Waals surface area contributed by atoms with E-state index in [1.165, 1.54) is 5.39 Å². The molecular weight excluding hydrogens is 172 g/mol. The first kappa shape index (κ1) is 9.25. The first-order valence-corrected chi connectivity index (χ1v) is 5.08. The van der Waals surface area contributed by atoms with E-state index in [4.69, 9.17) is 0 Å². The minimum absolute atomic E-state index is 0.149. The third kappa shape index (κ3) is 1.31. The third-order valence-corrected chi connectivity index (χ3v) is 2.97. The van der Waals surface area contributed by atoms with Crippen molar-refractivity contribution in [2.45, 2.75) is 32.7 Å². The molecule has 0 saturated carbocycles. The van der Waals surface area contributed by atoms with Crippen LogP contribution in [-0.2, 0) is 5.54 Å². The smallest absolute Gasteiger partial charge is 0.140 e. The predicted molar refractivity (Wildman–Crippen MR) is 59.3 cm³/mol. The maximum Gasteiger partial charge on any atom is 0.140 e. The first-order chi connectivity index (χ1) is 6.65. The summed E-state index contributed by atoms with van der Waals surface area (Å²) in [5, 5.41) is 1.22. The van der Waals surface area contributed by atoms with E-state index in [0.29, 0.717) is 0 Å². The highest BCUT2D eigenvalue weighted by Crippen LogP contribution is 2.24. The van der Waals surface area contributed by atoms with Crippen molar-refractivity contribution >= 4 is 11.0 Å². The number of aromatic nitrogens is 2. The van der Waals surface area contributed by atoms with Gasteiger partial charge in [-0.25, -0.2) is 4.98 Å². The van der Waals surface area contributed by atoms with Gasteiger partial charge in [0.15, 0.2) is 0 Å². The second-order valence-electron chi connectivity index (χ2n) is 4.27. The van der Waals surface area contributed by atoms with Gasteiger partial charge in [0.1, 0.15) is 5.65 Å². The fourth-order valence-corrected chi connectivity index (χ4v) is 1.63. The van der Waals surface area contributed by atoms with E-state index in [1.807, 2.05) is 12.3 Å². The molecule has 0 fully saturated rings. The number of nitrogens with zero attached hydrogens (tertiary/aromatic N) is 2. The van der Waals surface area contributed by atoms with Crippen LogP contribution in [0.5, 0.6) is 0 Å². The number of rotatable bonds is 2. The minimum Gasteiger partial charge on any atom is -0.327 e. The molecular formula is C12H16N2. The van der Waals surface area contributed by atoms with Crippen LogP contribution in [-0.4, -0.2) is 9.55 Å². The molecule has 0 bridgehead atoms. The van der Waals surface area contributed by atoms with Crippen molar-refractivity contribution in [3.8, 4) is 0 Å². The van der Waals surface area contributed by atoms with Gasteiger partial charge in [0.25, 0.3) is 0 Å². The minimum atomic E-state index is 0.149. The van der Waals surface area contributed by atoms with Crippen LogP contribution in [0.2, 0.25) is 0 Å². The van der Waals surface area contributed by atoms with Crippen LogP contribution in [0, 0.1) is 0 Å². The highest BCUT2D eigenvalue weighted by Gasteiger charge is 2.19. The van der Waals surface area contributed by atoms with Crippen LogP contribution in [0.1, 0.15) is 27.2 Å². The number of pyridine rings is 1. The van der Waals surface area contributed by atoms with E-state index in [0.717, 1.165) is 12.1 Å². The zero-order valence-corrected chi connectivity index (χ0v) is 8.99. The molecule has 0 atom stereocenters. The summed E-state index contributed by atoms with van der Waals surface area (Å²) >= 11 is 0. The Hall–Kier alpha value is -1.31. The monoisotopic (exact) mass is 188 g/mol. The number of fused-ring (bicyclic) bond motifs is 1. The van der Waals surface area contributed by atoms with Gasteiger partial charge in [-0.3, -0.25) is 0 Å². The van der Waals surface area contributed by atoms with Crippen LogP contribution < -0.4 is 0 Å². The summed E-state index contributed by atoms with van der Waals surface area (Å²) < 4.78 is 2.25. The summed E-state index contributed by atoms with van der Waals surface area (Å²) in [5.74, 6) is 0. The first-order valence-electron chi connectivity index (χ1n) is 5.08.